The van der Waals surface area contributed by atoms with Crippen molar-refractivity contribution < 1.29 is 24.2 Å². The van der Waals surface area contributed by atoms with Crippen LogP contribution in [0.25, 0.3) is 27.1 Å². The van der Waals surface area contributed by atoms with Gasteiger partial charge in [-0.05, 0) is 6.42 Å². The number of allylic oxidation sites excluding steroid dienone is 4. The Morgan fingerprint density at radius 1 is 0.725 bits per heavy atom. The van der Waals surface area contributed by atoms with Crippen molar-refractivity contribution in [1.29, 1.82) is 0 Å². The van der Waals surface area contributed by atoms with E-state index in [1.54, 1.807) is 15.8 Å². The number of fused-ring (bicyclic) bond motifs is 3. The molecule has 5 aromatic carbocycles. The first-order valence-corrected chi connectivity index (χ1v) is 22.5. The van der Waals surface area contributed by atoms with Crippen molar-refractivity contribution in [2.45, 2.75) is 45.7 Å². The van der Waals surface area contributed by atoms with Crippen molar-refractivity contribution in [2.24, 2.45) is 0 Å². The van der Waals surface area contributed by atoms with E-state index in [9.17, 15) is 0 Å². The summed E-state index contributed by atoms with van der Waals surface area (Å²) in [6.07, 6.45) is 7.87. The van der Waals surface area contributed by atoms with E-state index in [-0.39, 0.29) is 0 Å². The predicted molar refractivity (Wildman–Crippen MR) is 181 cm³/mol. The average Bonchev–Trinajstić information content (AvgIpc) is 3.61. The molecule has 0 fully saturated rings. The molecular formula is C37H39Si2Zr-. The Morgan fingerprint density at radius 3 is 1.82 bits per heavy atom. The van der Waals surface area contributed by atoms with E-state index < -0.39 is 16.1 Å². The Balaban J connectivity index is 0.000000194. The molecule has 1 aliphatic rings. The van der Waals surface area contributed by atoms with E-state index in [0.29, 0.717) is 0 Å². The van der Waals surface area contributed by atoms with E-state index in [0.717, 1.165) is 6.42 Å². The van der Waals surface area contributed by atoms with Gasteiger partial charge in [0.1, 0.15) is 0 Å². The number of hydrogen-bond acceptors (Lipinski definition) is 0. The number of benzene rings is 4. The maximum absolute atomic E-state index is 2.58. The summed E-state index contributed by atoms with van der Waals surface area (Å²) in [6, 6.07) is 35.1. The summed E-state index contributed by atoms with van der Waals surface area (Å²) < 4.78 is 1.42. The van der Waals surface area contributed by atoms with Crippen molar-refractivity contribution in [2.75, 3.05) is 0 Å². The molecule has 5 aromatic rings. The van der Waals surface area contributed by atoms with Gasteiger partial charge < -0.3 is 0 Å². The molecular weight excluding hydrogens is 592 g/mol. The van der Waals surface area contributed by atoms with Crippen molar-refractivity contribution in [3.63, 3.8) is 0 Å². The van der Waals surface area contributed by atoms with Crippen LogP contribution in [-0.2, 0) is 24.2 Å². The molecule has 40 heavy (non-hydrogen) atoms. The van der Waals surface area contributed by atoms with Gasteiger partial charge in [0.2, 0.25) is 0 Å². The Bertz CT molecular complexity index is 1680. The van der Waals surface area contributed by atoms with E-state index in [4.69, 9.17) is 0 Å². The first-order valence-electron chi connectivity index (χ1n) is 14.3. The molecule has 6 rings (SSSR count). The third-order valence-corrected chi connectivity index (χ3v) is 13.4. The zero-order chi connectivity index (χ0) is 28.5. The molecule has 0 bridgehead atoms. The maximum atomic E-state index is 2.58. The molecule has 200 valence electrons. The second kappa shape index (κ2) is 11.7. The summed E-state index contributed by atoms with van der Waals surface area (Å²) in [5.74, 6) is 0. The molecule has 0 saturated carbocycles. The molecule has 0 heterocycles. The van der Waals surface area contributed by atoms with E-state index >= 15 is 0 Å². The van der Waals surface area contributed by atoms with Gasteiger partial charge in [-0.15, -0.1) is 33.7 Å². The molecule has 0 nitrogen and oxygen atoms in total. The van der Waals surface area contributed by atoms with Gasteiger partial charge >= 0.3 is 99.2 Å². The fraction of sp³-hybridized carbons (Fsp3) is 0.189. The summed E-state index contributed by atoms with van der Waals surface area (Å²) in [5, 5.41) is 9.27. The van der Waals surface area contributed by atoms with Crippen molar-refractivity contribution in [3.8, 4) is 0 Å². The molecule has 0 aliphatic heterocycles. The molecule has 1 aliphatic carbocycles. The van der Waals surface area contributed by atoms with Crippen LogP contribution in [-0.4, -0.2) is 19.4 Å². The van der Waals surface area contributed by atoms with Crippen molar-refractivity contribution >= 4 is 56.8 Å². The molecule has 0 radical (unpaired) electrons. The minimum absolute atomic E-state index is 1.06. The summed E-state index contributed by atoms with van der Waals surface area (Å²) in [5.41, 5.74) is 5.61. The fourth-order valence-corrected chi connectivity index (χ4v) is 12.2. The van der Waals surface area contributed by atoms with Crippen LogP contribution in [0.1, 0.15) is 23.1 Å². The van der Waals surface area contributed by atoms with Crippen molar-refractivity contribution in [1.82, 2.24) is 0 Å². The predicted octanol–water partition coefficient (Wildman–Crippen LogP) is 8.95. The van der Waals surface area contributed by atoms with E-state index in [1.165, 1.54) is 65.9 Å². The average molecular weight is 631 g/mol. The van der Waals surface area contributed by atoms with Gasteiger partial charge in [0.05, 0.1) is 16.1 Å². The van der Waals surface area contributed by atoms with Crippen LogP contribution in [0, 0.1) is 0 Å². The van der Waals surface area contributed by atoms with Gasteiger partial charge in [0.15, 0.2) is 0 Å². The van der Waals surface area contributed by atoms with Gasteiger partial charge in [0.25, 0.3) is 0 Å². The summed E-state index contributed by atoms with van der Waals surface area (Å²) >= 11 is 1.46. The van der Waals surface area contributed by atoms with Gasteiger partial charge in [-0.1, -0.05) is 103 Å². The van der Waals surface area contributed by atoms with Crippen LogP contribution in [0.3, 0.4) is 0 Å². The molecule has 0 spiro atoms. The molecule has 0 N–H and O–H groups in total. The molecule has 3 heteroatoms. The zero-order valence-corrected chi connectivity index (χ0v) is 29.1. The van der Waals surface area contributed by atoms with Crippen LogP contribution in [0.5, 0.6) is 0 Å². The second-order valence-corrected chi connectivity index (χ2v) is 24.1. The van der Waals surface area contributed by atoms with Crippen LogP contribution in [0.2, 0.25) is 39.3 Å². The standard InChI is InChI=1S/C24H29Si2.C13H10.Zr/c1-25(2,3)22-16-20(17-11-7-8-12-17)21-15-18-13-9-10-14-19(18)23(21)24(22)26(4,5)6;1-3-7-12(8-4-1)11-13-9-5-2-6-10-13;/h7-11,13-16H,12H2,1-6H3;1-10H;/q-1;;. The van der Waals surface area contributed by atoms with Gasteiger partial charge in [-0.25, -0.2) is 0 Å². The van der Waals surface area contributed by atoms with E-state index in [2.05, 4.69) is 155 Å². The molecule has 0 atom stereocenters. The van der Waals surface area contributed by atoms with E-state index in [1.807, 2.05) is 0 Å². The van der Waals surface area contributed by atoms with Crippen LogP contribution < -0.4 is 10.4 Å². The normalized spacial score (nSPS) is 13.3. The van der Waals surface area contributed by atoms with Gasteiger partial charge in [-0.2, -0.15) is 0 Å². The Hall–Kier alpha value is -2.58. The minimum atomic E-state index is -1.50. The summed E-state index contributed by atoms with van der Waals surface area (Å²) in [4.78, 5) is 0. The zero-order valence-electron chi connectivity index (χ0n) is 24.7. The van der Waals surface area contributed by atoms with Gasteiger partial charge in [0, 0.05) is 0 Å². The molecule has 0 unspecified atom stereocenters. The van der Waals surface area contributed by atoms with Gasteiger partial charge in [-0.3, -0.25) is 0 Å². The second-order valence-electron chi connectivity index (χ2n) is 12.8. The summed E-state index contributed by atoms with van der Waals surface area (Å²) in [6.45, 7) is 15.1. The monoisotopic (exact) mass is 629 g/mol. The quantitative estimate of drug-likeness (QED) is 0.134. The van der Waals surface area contributed by atoms with Crippen LogP contribution >= 0.6 is 0 Å². The third-order valence-electron chi connectivity index (χ3n) is 7.70. The molecule has 0 amide bonds. The first kappa shape index (κ1) is 28.9. The van der Waals surface area contributed by atoms with Crippen LogP contribution in [0.15, 0.2) is 115 Å². The Morgan fingerprint density at radius 2 is 1.30 bits per heavy atom. The number of hydrogen-bond donors (Lipinski definition) is 0. The molecule has 0 saturated heterocycles. The first-order chi connectivity index (χ1) is 19.1. The summed E-state index contributed by atoms with van der Waals surface area (Å²) in [7, 11) is -2.96. The number of rotatable bonds is 5. The SMILES string of the molecule is C[Si](C)(C)c1cc(C2=CC=CC2)c2[cH-]c3ccccc3c2c1[Si](C)(C)C.[Zr]=[C](c1ccccc1)c1ccccc1. The van der Waals surface area contributed by atoms with Crippen molar-refractivity contribution in [3.05, 3.63) is 132 Å². The Kier molecular flexibility index (Phi) is 8.48. The Labute approximate surface area is 257 Å². The third kappa shape index (κ3) is 6.03. The molecule has 0 aromatic heterocycles. The van der Waals surface area contributed by atoms with Crippen LogP contribution in [0.4, 0.5) is 0 Å². The fourth-order valence-electron chi connectivity index (χ4n) is 5.79. The topological polar surface area (TPSA) is 0 Å².